The number of nitrogens with zero attached hydrogens (tertiary/aromatic N) is 2. The number of benzene rings is 1. The van der Waals surface area contributed by atoms with E-state index in [1.165, 1.54) is 14.1 Å². The summed E-state index contributed by atoms with van der Waals surface area (Å²) in [5.41, 5.74) is -7.69. The molecular weight excluding hydrogens is 437 g/mol. The van der Waals surface area contributed by atoms with Crippen LogP contribution in [-0.2, 0) is 23.1 Å². The normalized spacial score (nSPS) is 14.9. The summed E-state index contributed by atoms with van der Waals surface area (Å²) in [6.07, 6.45) is 1.45. The van der Waals surface area contributed by atoms with Gasteiger partial charge in [0.25, 0.3) is 5.56 Å². The fraction of sp³-hybridized carbons (Fsp3) is 0.357. The van der Waals surface area contributed by atoms with E-state index in [4.69, 9.17) is 23.2 Å². The number of fused-ring (bicyclic) bond motifs is 1. The van der Waals surface area contributed by atoms with Crippen molar-refractivity contribution in [1.82, 2.24) is 9.36 Å². The summed E-state index contributed by atoms with van der Waals surface area (Å²) in [6.45, 7) is 0.762. The summed E-state index contributed by atoms with van der Waals surface area (Å²) < 4.78 is 78.8. The molecule has 13 heteroatoms. The van der Waals surface area contributed by atoms with Crippen LogP contribution in [0.5, 0.6) is 0 Å². The van der Waals surface area contributed by atoms with Gasteiger partial charge in [-0.2, -0.15) is 21.6 Å². The van der Waals surface area contributed by atoms with E-state index in [2.05, 4.69) is 0 Å². The van der Waals surface area contributed by atoms with E-state index in [-0.39, 0.29) is 10.7 Å². The average molecular weight is 448 g/mol. The lowest BCUT2D eigenvalue weighted by Gasteiger charge is -2.17. The van der Waals surface area contributed by atoms with Crippen molar-refractivity contribution in [3.63, 3.8) is 0 Å². The van der Waals surface area contributed by atoms with Crippen LogP contribution in [0.1, 0.15) is 12.8 Å². The molecule has 148 valence electrons. The van der Waals surface area contributed by atoms with Crippen LogP contribution in [0.3, 0.4) is 0 Å². The third-order valence-electron chi connectivity index (χ3n) is 4.04. The Kier molecular flexibility index (Phi) is 4.98. The van der Waals surface area contributed by atoms with Crippen LogP contribution in [0, 0.1) is 5.82 Å². The zero-order valence-corrected chi connectivity index (χ0v) is 15.6. The minimum atomic E-state index is -5.79. The van der Waals surface area contributed by atoms with Crippen molar-refractivity contribution in [3.05, 3.63) is 38.5 Å². The van der Waals surface area contributed by atoms with Gasteiger partial charge >= 0.3 is 15.5 Å². The van der Waals surface area contributed by atoms with Crippen molar-refractivity contribution in [1.29, 1.82) is 0 Å². The van der Waals surface area contributed by atoms with Gasteiger partial charge in [-0.05, 0) is 25.0 Å². The van der Waals surface area contributed by atoms with Crippen LogP contribution in [0.15, 0.2) is 16.9 Å². The van der Waals surface area contributed by atoms with Gasteiger partial charge in [-0.3, -0.25) is 14.2 Å². The molecule has 0 saturated carbocycles. The molecule has 0 aliphatic carbocycles. The molecule has 0 saturated heterocycles. The van der Waals surface area contributed by atoms with Gasteiger partial charge < -0.3 is 0 Å². The summed E-state index contributed by atoms with van der Waals surface area (Å²) in [7, 11) is -5.79. The number of alkyl halides is 3. The Morgan fingerprint density at radius 2 is 1.67 bits per heavy atom. The van der Waals surface area contributed by atoms with E-state index < -0.39 is 43.2 Å². The number of hydrogen-bond donors (Lipinski definition) is 1. The van der Waals surface area contributed by atoms with E-state index in [1.54, 1.807) is 0 Å². The molecule has 0 amide bonds. The SMILES string of the molecule is O=c1c(-c2cc(NS(=O)(=O)C(F)(F)F)c(Cl)cc2F)c(Cl)n2n1CCCC2. The molecule has 0 fully saturated rings. The molecule has 3 rings (SSSR count). The lowest BCUT2D eigenvalue weighted by atomic mass is 10.1. The maximum Gasteiger partial charge on any atom is 0.516 e. The van der Waals surface area contributed by atoms with Gasteiger partial charge in [-0.25, -0.2) is 9.07 Å². The van der Waals surface area contributed by atoms with Crippen LogP contribution >= 0.6 is 23.2 Å². The minimum absolute atomic E-state index is 0.0921. The molecule has 1 aliphatic heterocycles. The van der Waals surface area contributed by atoms with E-state index in [1.807, 2.05) is 0 Å². The first kappa shape index (κ1) is 20.0. The predicted octanol–water partition coefficient (Wildman–Crippen LogP) is 3.82. The number of hydrogen-bond acceptors (Lipinski definition) is 3. The van der Waals surface area contributed by atoms with E-state index in [9.17, 15) is 30.8 Å². The molecule has 2 aromatic rings. The quantitative estimate of drug-likeness (QED) is 0.726. The van der Waals surface area contributed by atoms with Crippen molar-refractivity contribution < 1.29 is 26.0 Å². The van der Waals surface area contributed by atoms with Crippen LogP contribution < -0.4 is 10.3 Å². The number of sulfonamides is 1. The van der Waals surface area contributed by atoms with Gasteiger partial charge in [0.15, 0.2) is 0 Å². The molecule has 1 N–H and O–H groups in total. The molecule has 2 heterocycles. The molecule has 0 atom stereocenters. The van der Waals surface area contributed by atoms with Crippen molar-refractivity contribution in [3.8, 4) is 11.1 Å². The van der Waals surface area contributed by atoms with Gasteiger partial charge in [0, 0.05) is 18.7 Å². The molecule has 0 bridgehead atoms. The minimum Gasteiger partial charge on any atom is -0.274 e. The predicted molar refractivity (Wildman–Crippen MR) is 91.9 cm³/mol. The fourth-order valence-corrected chi connectivity index (χ4v) is 3.96. The fourth-order valence-electron chi connectivity index (χ4n) is 2.77. The Balaban J connectivity index is 2.17. The van der Waals surface area contributed by atoms with Crippen molar-refractivity contribution in [2.75, 3.05) is 4.72 Å². The molecule has 0 spiro atoms. The number of aromatic nitrogens is 2. The summed E-state index contributed by atoms with van der Waals surface area (Å²) in [5, 5.41) is -0.699. The third kappa shape index (κ3) is 3.43. The maximum absolute atomic E-state index is 14.4. The van der Waals surface area contributed by atoms with Gasteiger partial charge in [-0.1, -0.05) is 23.2 Å². The molecule has 0 radical (unpaired) electrons. The molecule has 27 heavy (non-hydrogen) atoms. The number of anilines is 1. The average Bonchev–Trinajstić information content (AvgIpc) is 2.81. The molecule has 1 aromatic carbocycles. The smallest absolute Gasteiger partial charge is 0.274 e. The first-order valence-corrected chi connectivity index (χ1v) is 9.75. The summed E-state index contributed by atoms with van der Waals surface area (Å²) in [6, 6.07) is 1.33. The second-order valence-electron chi connectivity index (χ2n) is 5.79. The molecular formula is C14H11Cl2F4N3O3S. The summed E-state index contributed by atoms with van der Waals surface area (Å²) in [5.74, 6) is -1.03. The summed E-state index contributed by atoms with van der Waals surface area (Å²) >= 11 is 11.8. The maximum atomic E-state index is 14.4. The number of rotatable bonds is 3. The third-order valence-corrected chi connectivity index (χ3v) is 5.83. The second-order valence-corrected chi connectivity index (χ2v) is 8.23. The first-order chi connectivity index (χ1) is 12.4. The Labute approximate surface area is 160 Å². The lowest BCUT2D eigenvalue weighted by Crippen LogP contribution is -2.30. The number of halogens is 6. The van der Waals surface area contributed by atoms with Crippen molar-refractivity contribution in [2.24, 2.45) is 0 Å². The Morgan fingerprint density at radius 3 is 2.22 bits per heavy atom. The summed E-state index contributed by atoms with van der Waals surface area (Å²) in [4.78, 5) is 12.6. The van der Waals surface area contributed by atoms with Crippen molar-refractivity contribution in [2.45, 2.75) is 31.4 Å². The van der Waals surface area contributed by atoms with E-state index >= 15 is 0 Å². The highest BCUT2D eigenvalue weighted by Crippen LogP contribution is 2.36. The second kappa shape index (κ2) is 6.71. The van der Waals surface area contributed by atoms with Crippen LogP contribution in [0.25, 0.3) is 11.1 Å². The van der Waals surface area contributed by atoms with E-state index in [0.717, 1.165) is 12.5 Å². The van der Waals surface area contributed by atoms with Gasteiger partial charge in [0.05, 0.1) is 16.3 Å². The highest BCUT2D eigenvalue weighted by atomic mass is 35.5. The molecule has 0 unspecified atom stereocenters. The highest BCUT2D eigenvalue weighted by molar-refractivity contribution is 7.93. The largest absolute Gasteiger partial charge is 0.516 e. The highest BCUT2D eigenvalue weighted by Gasteiger charge is 2.46. The Morgan fingerprint density at radius 1 is 1.07 bits per heavy atom. The van der Waals surface area contributed by atoms with Gasteiger partial charge in [0.1, 0.15) is 11.0 Å². The Hall–Kier alpha value is -1.72. The Bertz CT molecular complexity index is 1080. The standard InChI is InChI=1S/C14H11Cl2F4N3O3S/c15-8-6-9(17)7(5-10(8)21-27(25,26)14(18,19)20)11-12(16)22-3-1-2-4-23(22)13(11)24/h5-6,21H,1-4H2. The molecule has 1 aliphatic rings. The zero-order valence-electron chi connectivity index (χ0n) is 13.3. The van der Waals surface area contributed by atoms with Crippen LogP contribution in [-0.4, -0.2) is 23.3 Å². The molecule has 6 nitrogen and oxygen atoms in total. The van der Waals surface area contributed by atoms with E-state index in [0.29, 0.717) is 25.6 Å². The first-order valence-electron chi connectivity index (χ1n) is 7.51. The lowest BCUT2D eigenvalue weighted by molar-refractivity contribution is -0.0429. The molecule has 1 aromatic heterocycles. The van der Waals surface area contributed by atoms with Gasteiger partial charge in [-0.15, -0.1) is 0 Å². The monoisotopic (exact) mass is 447 g/mol. The number of nitrogens with one attached hydrogen (secondary N) is 1. The zero-order chi connectivity index (χ0) is 20.1. The van der Waals surface area contributed by atoms with Crippen LogP contribution in [0.2, 0.25) is 10.2 Å². The van der Waals surface area contributed by atoms with Gasteiger partial charge in [0.2, 0.25) is 0 Å². The van der Waals surface area contributed by atoms with Crippen LogP contribution in [0.4, 0.5) is 23.2 Å². The topological polar surface area (TPSA) is 73.1 Å². The van der Waals surface area contributed by atoms with Crippen molar-refractivity contribution >= 4 is 38.9 Å².